The van der Waals surface area contributed by atoms with E-state index < -0.39 is 23.6 Å². The molecular formula is C16H18F3N3O. The number of aryl methyl sites for hydroxylation is 1. The molecule has 0 saturated heterocycles. The largest absolute Gasteiger partial charge is 0.416 e. The molecule has 4 nitrogen and oxygen atoms in total. The van der Waals surface area contributed by atoms with Crippen LogP contribution in [-0.4, -0.2) is 11.9 Å². The van der Waals surface area contributed by atoms with Gasteiger partial charge in [-0.15, -0.1) is 0 Å². The minimum absolute atomic E-state index is 0.144. The quantitative estimate of drug-likeness (QED) is 0.497. The Morgan fingerprint density at radius 2 is 2.00 bits per heavy atom. The highest BCUT2D eigenvalue weighted by atomic mass is 19.4. The van der Waals surface area contributed by atoms with E-state index in [0.29, 0.717) is 12.0 Å². The highest BCUT2D eigenvalue weighted by molar-refractivity contribution is 6.03. The van der Waals surface area contributed by atoms with Crippen molar-refractivity contribution in [2.75, 3.05) is 0 Å². The molecule has 1 atom stereocenters. The van der Waals surface area contributed by atoms with Gasteiger partial charge in [0.15, 0.2) is 5.96 Å². The first-order chi connectivity index (χ1) is 10.7. The van der Waals surface area contributed by atoms with E-state index in [2.05, 4.69) is 4.99 Å². The second-order valence-electron chi connectivity index (χ2n) is 5.56. The number of allylic oxidation sites excluding steroid dienone is 2. The van der Waals surface area contributed by atoms with Crippen LogP contribution in [0.1, 0.15) is 52.2 Å². The van der Waals surface area contributed by atoms with E-state index in [1.54, 1.807) is 13.0 Å². The summed E-state index contributed by atoms with van der Waals surface area (Å²) in [5.41, 5.74) is 9.90. The van der Waals surface area contributed by atoms with Crippen molar-refractivity contribution in [1.82, 2.24) is 0 Å². The fourth-order valence-corrected chi connectivity index (χ4v) is 2.76. The third kappa shape index (κ3) is 3.91. The number of nitrogens with two attached hydrogens (primary N) is 2. The summed E-state index contributed by atoms with van der Waals surface area (Å²) in [6, 6.07) is 2.26. The van der Waals surface area contributed by atoms with Gasteiger partial charge in [-0.25, -0.2) is 0 Å². The molecule has 23 heavy (non-hydrogen) atoms. The number of aliphatic imine (C=N–C) groups is 1. The van der Waals surface area contributed by atoms with E-state index in [1.165, 1.54) is 6.07 Å². The number of rotatable bonds is 2. The molecule has 0 fully saturated rings. The topological polar surface area (TPSA) is 81.5 Å². The maximum atomic E-state index is 13.4. The Morgan fingerprint density at radius 3 is 2.52 bits per heavy atom. The molecular weight excluding hydrogens is 307 g/mol. The molecule has 1 amide bonds. The molecule has 4 N–H and O–H groups in total. The second-order valence-corrected chi connectivity index (χ2v) is 5.56. The van der Waals surface area contributed by atoms with Gasteiger partial charge in [0.05, 0.1) is 5.56 Å². The van der Waals surface area contributed by atoms with Gasteiger partial charge in [0.2, 0.25) is 0 Å². The summed E-state index contributed by atoms with van der Waals surface area (Å²) in [5.74, 6) is -1.66. The average Bonchev–Trinajstić information content (AvgIpc) is 2.45. The van der Waals surface area contributed by atoms with Crippen LogP contribution in [0.4, 0.5) is 13.2 Å². The molecule has 0 aromatic heterocycles. The maximum absolute atomic E-state index is 13.4. The summed E-state index contributed by atoms with van der Waals surface area (Å²) in [6.07, 6.45) is 1.50. The lowest BCUT2D eigenvalue weighted by molar-refractivity contribution is -0.138. The number of hydrogen-bond acceptors (Lipinski definition) is 1. The van der Waals surface area contributed by atoms with Crippen LogP contribution in [0.3, 0.4) is 0 Å². The first kappa shape index (κ1) is 17.1. The Morgan fingerprint density at radius 1 is 1.30 bits per heavy atom. The van der Waals surface area contributed by atoms with E-state index >= 15 is 0 Å². The predicted octanol–water partition coefficient (Wildman–Crippen LogP) is 3.25. The molecule has 1 unspecified atom stereocenters. The van der Waals surface area contributed by atoms with Crippen molar-refractivity contribution in [3.63, 3.8) is 0 Å². The number of carbonyl (C=O) groups excluding carboxylic acids is 1. The molecule has 1 aliphatic rings. The van der Waals surface area contributed by atoms with Gasteiger partial charge >= 0.3 is 6.18 Å². The Kier molecular flexibility index (Phi) is 4.77. The molecule has 0 saturated carbocycles. The third-order valence-electron chi connectivity index (χ3n) is 3.82. The van der Waals surface area contributed by atoms with Crippen LogP contribution >= 0.6 is 0 Å². The third-order valence-corrected chi connectivity index (χ3v) is 3.82. The first-order valence-electron chi connectivity index (χ1n) is 7.22. The smallest absolute Gasteiger partial charge is 0.370 e. The van der Waals surface area contributed by atoms with Crippen LogP contribution in [0, 0.1) is 6.92 Å². The number of halogens is 3. The molecule has 1 aromatic rings. The van der Waals surface area contributed by atoms with E-state index in [4.69, 9.17) is 11.5 Å². The van der Waals surface area contributed by atoms with Gasteiger partial charge in [-0.2, -0.15) is 18.2 Å². The fraction of sp³-hybridized carbons (Fsp3) is 0.375. The normalized spacial score (nSPS) is 17.8. The molecule has 0 heterocycles. The van der Waals surface area contributed by atoms with Crippen molar-refractivity contribution in [1.29, 1.82) is 0 Å². The minimum atomic E-state index is -4.55. The first-order valence-corrected chi connectivity index (χ1v) is 7.22. The number of guanidine groups is 1. The van der Waals surface area contributed by atoms with Gasteiger partial charge in [-0.3, -0.25) is 4.79 Å². The lowest BCUT2D eigenvalue weighted by Gasteiger charge is -2.23. The molecule has 0 spiro atoms. The van der Waals surface area contributed by atoms with Crippen LogP contribution in [0.2, 0.25) is 0 Å². The maximum Gasteiger partial charge on any atom is 0.416 e. The van der Waals surface area contributed by atoms with E-state index in [0.717, 1.165) is 18.9 Å². The van der Waals surface area contributed by atoms with Crippen LogP contribution in [0.25, 0.3) is 0 Å². The van der Waals surface area contributed by atoms with Gasteiger partial charge in [0, 0.05) is 11.5 Å². The zero-order valence-corrected chi connectivity index (χ0v) is 12.7. The molecule has 2 rings (SSSR count). The monoisotopic (exact) mass is 325 g/mol. The van der Waals surface area contributed by atoms with Crippen molar-refractivity contribution in [2.45, 2.75) is 38.3 Å². The van der Waals surface area contributed by atoms with Crippen LogP contribution in [-0.2, 0) is 6.18 Å². The van der Waals surface area contributed by atoms with Crippen LogP contribution in [0.5, 0.6) is 0 Å². The van der Waals surface area contributed by atoms with Gasteiger partial charge in [-0.05, 0) is 43.4 Å². The van der Waals surface area contributed by atoms with E-state index in [1.807, 2.05) is 6.08 Å². The second kappa shape index (κ2) is 6.44. The van der Waals surface area contributed by atoms with E-state index in [-0.39, 0.29) is 17.0 Å². The van der Waals surface area contributed by atoms with Crippen molar-refractivity contribution in [3.05, 3.63) is 46.5 Å². The van der Waals surface area contributed by atoms with Gasteiger partial charge in [0.1, 0.15) is 0 Å². The van der Waals surface area contributed by atoms with Crippen LogP contribution < -0.4 is 11.5 Å². The Labute approximate surface area is 132 Å². The number of amides is 1. The van der Waals surface area contributed by atoms with E-state index in [9.17, 15) is 18.0 Å². The predicted molar refractivity (Wildman–Crippen MR) is 82.1 cm³/mol. The standard InChI is InChI=1S/C16H18F3N3O/c1-9-7-12(10-5-3-2-4-6-10)13(16(17,18)19)8-11(9)14(23)22-15(20)21/h3,5,7-8,10H,2,4,6H2,1H3,(H4,20,21,22,23). The lowest BCUT2D eigenvalue weighted by Crippen LogP contribution is -2.24. The number of alkyl halides is 3. The summed E-state index contributed by atoms with van der Waals surface area (Å²) >= 11 is 0. The van der Waals surface area contributed by atoms with Crippen molar-refractivity contribution >= 4 is 11.9 Å². The summed E-state index contributed by atoms with van der Waals surface area (Å²) in [6.45, 7) is 1.58. The minimum Gasteiger partial charge on any atom is -0.370 e. The van der Waals surface area contributed by atoms with Gasteiger partial charge in [0.25, 0.3) is 5.91 Å². The Balaban J connectivity index is 2.58. The van der Waals surface area contributed by atoms with Crippen molar-refractivity contribution in [3.8, 4) is 0 Å². The summed E-state index contributed by atoms with van der Waals surface area (Å²) in [7, 11) is 0. The molecule has 124 valence electrons. The summed E-state index contributed by atoms with van der Waals surface area (Å²) in [4.78, 5) is 15.2. The molecule has 1 aliphatic carbocycles. The van der Waals surface area contributed by atoms with Crippen molar-refractivity contribution < 1.29 is 18.0 Å². The highest BCUT2D eigenvalue weighted by Crippen LogP contribution is 2.40. The molecule has 7 heteroatoms. The average molecular weight is 325 g/mol. The Bertz CT molecular complexity index is 674. The zero-order valence-electron chi connectivity index (χ0n) is 12.7. The van der Waals surface area contributed by atoms with Gasteiger partial charge < -0.3 is 11.5 Å². The molecule has 0 bridgehead atoms. The van der Waals surface area contributed by atoms with Gasteiger partial charge in [-0.1, -0.05) is 18.2 Å². The highest BCUT2D eigenvalue weighted by Gasteiger charge is 2.36. The lowest BCUT2D eigenvalue weighted by atomic mass is 9.84. The number of benzene rings is 1. The summed E-state index contributed by atoms with van der Waals surface area (Å²) in [5, 5.41) is 0. The molecule has 1 aromatic carbocycles. The molecule has 0 radical (unpaired) electrons. The number of hydrogen-bond donors (Lipinski definition) is 2. The SMILES string of the molecule is Cc1cc(C2C=CCCC2)c(C(F)(F)F)cc1C(=O)N=C(N)N. The fourth-order valence-electron chi connectivity index (χ4n) is 2.76. The number of nitrogens with zero attached hydrogens (tertiary/aromatic N) is 1. The zero-order chi connectivity index (χ0) is 17.2. The Hall–Kier alpha value is -2.31. The van der Waals surface area contributed by atoms with Crippen LogP contribution in [0.15, 0.2) is 29.3 Å². The summed E-state index contributed by atoms with van der Waals surface area (Å²) < 4.78 is 40.3. The molecule has 0 aliphatic heterocycles. The van der Waals surface area contributed by atoms with Crippen molar-refractivity contribution in [2.24, 2.45) is 16.5 Å². The number of carbonyl (C=O) groups is 1.